The number of para-hydroxylation sites is 1. The molecule has 0 saturated carbocycles. The second-order valence-corrected chi connectivity index (χ2v) is 13.9. The summed E-state index contributed by atoms with van der Waals surface area (Å²) >= 11 is 12.4. The van der Waals surface area contributed by atoms with Gasteiger partial charge in [-0.3, -0.25) is 13.9 Å². The first-order valence-corrected chi connectivity index (χ1v) is 16.1. The zero-order valence-corrected chi connectivity index (χ0v) is 27.3. The van der Waals surface area contributed by atoms with E-state index in [1.54, 1.807) is 42.5 Å². The molecular formula is C32H39Cl2N3O4S. The third kappa shape index (κ3) is 8.27. The van der Waals surface area contributed by atoms with Crippen LogP contribution in [0, 0.1) is 6.92 Å². The van der Waals surface area contributed by atoms with E-state index in [-0.39, 0.29) is 17.3 Å². The molecule has 3 aromatic rings. The summed E-state index contributed by atoms with van der Waals surface area (Å²) < 4.78 is 29.4. The standard InChI is InChI=1S/C32H39Cl2N3O4S/c1-7-24-11-9-10-12-29(24)37(42(40,41)25-16-13-22(3)14-17-25)21-30(38)36(20-23-15-18-26(33)27(34)19-23)28(8-2)31(39)35-32(4,5)6/h9-19,28H,7-8,20-21H2,1-6H3,(H,35,39)/t28-/m0/s1. The van der Waals surface area contributed by atoms with E-state index < -0.39 is 34.1 Å². The summed E-state index contributed by atoms with van der Waals surface area (Å²) in [4.78, 5) is 29.2. The van der Waals surface area contributed by atoms with Gasteiger partial charge in [0.1, 0.15) is 12.6 Å². The Morgan fingerprint density at radius 1 is 0.929 bits per heavy atom. The smallest absolute Gasteiger partial charge is 0.264 e. The van der Waals surface area contributed by atoms with Gasteiger partial charge in [0.05, 0.1) is 20.6 Å². The summed E-state index contributed by atoms with van der Waals surface area (Å²) in [5.74, 6) is -0.862. The molecule has 0 aliphatic rings. The first-order chi connectivity index (χ1) is 19.7. The number of amides is 2. The largest absolute Gasteiger partial charge is 0.350 e. The number of halogens is 2. The number of aryl methyl sites for hydroxylation is 2. The van der Waals surface area contributed by atoms with Crippen molar-refractivity contribution >= 4 is 50.7 Å². The van der Waals surface area contributed by atoms with Crippen molar-refractivity contribution in [2.24, 2.45) is 0 Å². The Kier molecular flexibility index (Phi) is 11.1. The fourth-order valence-corrected chi connectivity index (χ4v) is 6.38. The average Bonchev–Trinajstić information content (AvgIpc) is 2.92. The van der Waals surface area contributed by atoms with Crippen molar-refractivity contribution < 1.29 is 18.0 Å². The van der Waals surface area contributed by atoms with Crippen LogP contribution in [0.15, 0.2) is 71.6 Å². The lowest BCUT2D eigenvalue weighted by Crippen LogP contribution is -2.55. The van der Waals surface area contributed by atoms with Gasteiger partial charge in [0.2, 0.25) is 11.8 Å². The van der Waals surface area contributed by atoms with Crippen LogP contribution >= 0.6 is 23.2 Å². The number of hydrogen-bond acceptors (Lipinski definition) is 4. The number of nitrogens with one attached hydrogen (secondary N) is 1. The molecule has 10 heteroatoms. The van der Waals surface area contributed by atoms with Gasteiger partial charge in [0, 0.05) is 12.1 Å². The molecule has 42 heavy (non-hydrogen) atoms. The van der Waals surface area contributed by atoms with E-state index in [1.165, 1.54) is 17.0 Å². The lowest BCUT2D eigenvalue weighted by Gasteiger charge is -2.35. The lowest BCUT2D eigenvalue weighted by atomic mass is 10.1. The molecule has 226 valence electrons. The van der Waals surface area contributed by atoms with E-state index in [1.807, 2.05) is 53.7 Å². The molecule has 1 N–H and O–H groups in total. The van der Waals surface area contributed by atoms with Crippen molar-refractivity contribution in [2.45, 2.75) is 77.4 Å². The molecule has 0 aromatic heterocycles. The summed E-state index contributed by atoms with van der Waals surface area (Å²) in [5, 5.41) is 3.64. The van der Waals surface area contributed by atoms with E-state index in [0.29, 0.717) is 34.1 Å². The molecule has 0 fully saturated rings. The van der Waals surface area contributed by atoms with E-state index >= 15 is 0 Å². The van der Waals surface area contributed by atoms with Crippen molar-refractivity contribution in [3.05, 3.63) is 93.5 Å². The monoisotopic (exact) mass is 631 g/mol. The van der Waals surface area contributed by atoms with Gasteiger partial charge in [-0.15, -0.1) is 0 Å². The van der Waals surface area contributed by atoms with Gasteiger partial charge < -0.3 is 10.2 Å². The summed E-state index contributed by atoms with van der Waals surface area (Å²) in [5.41, 5.74) is 2.21. The van der Waals surface area contributed by atoms with Crippen LogP contribution in [0.3, 0.4) is 0 Å². The fraction of sp³-hybridized carbons (Fsp3) is 0.375. The molecule has 0 radical (unpaired) electrons. The minimum Gasteiger partial charge on any atom is -0.350 e. The molecular weight excluding hydrogens is 593 g/mol. The Morgan fingerprint density at radius 2 is 1.57 bits per heavy atom. The van der Waals surface area contributed by atoms with Gasteiger partial charge in [-0.1, -0.05) is 79.0 Å². The van der Waals surface area contributed by atoms with Crippen LogP contribution < -0.4 is 9.62 Å². The minimum absolute atomic E-state index is 0.0274. The Morgan fingerprint density at radius 3 is 2.14 bits per heavy atom. The summed E-state index contributed by atoms with van der Waals surface area (Å²) in [7, 11) is -4.15. The second-order valence-electron chi connectivity index (χ2n) is 11.2. The SMILES string of the molecule is CCc1ccccc1N(CC(=O)N(Cc1ccc(Cl)c(Cl)c1)[C@@H](CC)C(=O)NC(C)(C)C)S(=O)(=O)c1ccc(C)cc1. The van der Waals surface area contributed by atoms with Crippen LogP contribution in [0.25, 0.3) is 0 Å². The molecule has 3 rings (SSSR count). The normalized spacial score (nSPS) is 12.5. The summed E-state index contributed by atoms with van der Waals surface area (Å²) in [6.45, 7) is 10.7. The maximum atomic E-state index is 14.3. The quantitative estimate of drug-likeness (QED) is 0.253. The maximum absolute atomic E-state index is 14.3. The number of carbonyl (C=O) groups is 2. The second kappa shape index (κ2) is 13.9. The molecule has 2 amide bonds. The van der Waals surface area contributed by atoms with Crippen molar-refractivity contribution in [3.63, 3.8) is 0 Å². The Labute approximate surface area is 259 Å². The Balaban J connectivity index is 2.12. The first-order valence-electron chi connectivity index (χ1n) is 13.9. The summed E-state index contributed by atoms with van der Waals surface area (Å²) in [6, 6.07) is 17.8. The van der Waals surface area contributed by atoms with Crippen LogP contribution in [0.1, 0.15) is 57.7 Å². The van der Waals surface area contributed by atoms with Crippen molar-refractivity contribution in [1.82, 2.24) is 10.2 Å². The van der Waals surface area contributed by atoms with E-state index in [0.717, 1.165) is 15.4 Å². The van der Waals surface area contributed by atoms with Crippen molar-refractivity contribution in [1.29, 1.82) is 0 Å². The van der Waals surface area contributed by atoms with Gasteiger partial charge in [-0.2, -0.15) is 0 Å². The molecule has 0 unspecified atom stereocenters. The Bertz CT molecular complexity index is 1520. The molecule has 0 saturated heterocycles. The zero-order chi connectivity index (χ0) is 31.2. The topological polar surface area (TPSA) is 86.8 Å². The third-order valence-electron chi connectivity index (χ3n) is 6.75. The van der Waals surface area contributed by atoms with Gasteiger partial charge in [0.25, 0.3) is 10.0 Å². The molecule has 0 aliphatic carbocycles. The number of carbonyl (C=O) groups excluding carboxylic acids is 2. The number of rotatable bonds is 11. The first kappa shape index (κ1) is 33.4. The van der Waals surface area contributed by atoms with Crippen LogP contribution in [-0.2, 0) is 32.6 Å². The van der Waals surface area contributed by atoms with Crippen LogP contribution in [0.5, 0.6) is 0 Å². The number of sulfonamides is 1. The van der Waals surface area contributed by atoms with Gasteiger partial charge >= 0.3 is 0 Å². The number of anilines is 1. The van der Waals surface area contributed by atoms with E-state index in [4.69, 9.17) is 23.2 Å². The highest BCUT2D eigenvalue weighted by Gasteiger charge is 2.35. The maximum Gasteiger partial charge on any atom is 0.264 e. The molecule has 3 aromatic carbocycles. The van der Waals surface area contributed by atoms with Crippen LogP contribution in [0.2, 0.25) is 10.0 Å². The molecule has 1 atom stereocenters. The lowest BCUT2D eigenvalue weighted by molar-refractivity contribution is -0.141. The number of hydrogen-bond donors (Lipinski definition) is 1. The number of nitrogens with zero attached hydrogens (tertiary/aromatic N) is 2. The van der Waals surface area contributed by atoms with Crippen molar-refractivity contribution in [3.8, 4) is 0 Å². The van der Waals surface area contributed by atoms with Gasteiger partial charge in [-0.25, -0.2) is 8.42 Å². The number of benzene rings is 3. The van der Waals surface area contributed by atoms with Crippen LogP contribution in [0.4, 0.5) is 5.69 Å². The third-order valence-corrected chi connectivity index (χ3v) is 9.26. The zero-order valence-electron chi connectivity index (χ0n) is 24.9. The molecule has 0 heterocycles. The molecule has 0 bridgehead atoms. The highest BCUT2D eigenvalue weighted by molar-refractivity contribution is 7.92. The highest BCUT2D eigenvalue weighted by Crippen LogP contribution is 2.29. The van der Waals surface area contributed by atoms with E-state index in [9.17, 15) is 18.0 Å². The predicted molar refractivity (Wildman–Crippen MR) is 171 cm³/mol. The van der Waals surface area contributed by atoms with Crippen LogP contribution in [-0.4, -0.2) is 43.3 Å². The van der Waals surface area contributed by atoms with E-state index in [2.05, 4.69) is 5.32 Å². The van der Waals surface area contributed by atoms with Crippen molar-refractivity contribution in [2.75, 3.05) is 10.8 Å². The van der Waals surface area contributed by atoms with Gasteiger partial charge in [-0.05, 0) is 82.0 Å². The minimum atomic E-state index is -4.15. The average molecular weight is 633 g/mol. The molecule has 0 aliphatic heterocycles. The molecule has 0 spiro atoms. The fourth-order valence-electron chi connectivity index (χ4n) is 4.61. The highest BCUT2D eigenvalue weighted by atomic mass is 35.5. The van der Waals surface area contributed by atoms with Gasteiger partial charge in [0.15, 0.2) is 0 Å². The molecule has 7 nitrogen and oxygen atoms in total. The Hall–Kier alpha value is -3.07. The summed E-state index contributed by atoms with van der Waals surface area (Å²) in [6.07, 6.45) is 0.869. The predicted octanol–water partition coefficient (Wildman–Crippen LogP) is 6.78.